The molecule has 2 aromatic rings. The largest absolute Gasteiger partial charge is 0.444 e. The SMILES string of the molecule is Cc1ccccc1C[C@H](NC(=O)OC(C)(C)C)C(=O)N1CCCC[C@@H]1c1cccnc1. The first-order chi connectivity index (χ1) is 14.7. The first-order valence-corrected chi connectivity index (χ1v) is 11.0. The summed E-state index contributed by atoms with van der Waals surface area (Å²) in [7, 11) is 0. The van der Waals surface area contributed by atoms with Gasteiger partial charge < -0.3 is 15.0 Å². The minimum absolute atomic E-state index is 0.0326. The number of aromatic nitrogens is 1. The van der Waals surface area contributed by atoms with Crippen LogP contribution in [0.4, 0.5) is 4.79 Å². The van der Waals surface area contributed by atoms with E-state index in [4.69, 9.17) is 4.74 Å². The minimum Gasteiger partial charge on any atom is -0.444 e. The molecule has 0 radical (unpaired) electrons. The summed E-state index contributed by atoms with van der Waals surface area (Å²) in [5.74, 6) is -0.0809. The van der Waals surface area contributed by atoms with Gasteiger partial charge in [-0.2, -0.15) is 0 Å². The second kappa shape index (κ2) is 9.94. The van der Waals surface area contributed by atoms with Gasteiger partial charge >= 0.3 is 6.09 Å². The summed E-state index contributed by atoms with van der Waals surface area (Å²) in [5.41, 5.74) is 2.52. The summed E-state index contributed by atoms with van der Waals surface area (Å²) in [4.78, 5) is 32.4. The lowest BCUT2D eigenvalue weighted by Crippen LogP contribution is -2.52. The lowest BCUT2D eigenvalue weighted by molar-refractivity contribution is -0.137. The standard InChI is InChI=1S/C25H33N3O3/c1-18-10-5-6-11-19(18)16-21(27-24(30)31-25(2,3)4)23(29)28-15-8-7-13-22(28)20-12-9-14-26-17-20/h5-6,9-12,14,17,21-22H,7-8,13,15-16H2,1-4H3,(H,27,30)/t21-,22+/m0/s1. The molecule has 6 nitrogen and oxygen atoms in total. The molecule has 0 unspecified atom stereocenters. The second-order valence-electron chi connectivity index (χ2n) is 9.16. The van der Waals surface area contributed by atoms with E-state index >= 15 is 0 Å². The van der Waals surface area contributed by atoms with Crippen LogP contribution >= 0.6 is 0 Å². The Bertz CT molecular complexity index is 892. The number of carbonyl (C=O) groups is 2. The Morgan fingerprint density at radius 1 is 1.19 bits per heavy atom. The Morgan fingerprint density at radius 3 is 2.65 bits per heavy atom. The molecule has 3 rings (SSSR count). The van der Waals surface area contributed by atoms with Crippen molar-refractivity contribution in [2.45, 2.75) is 71.1 Å². The van der Waals surface area contributed by atoms with E-state index in [1.807, 2.05) is 75.2 Å². The highest BCUT2D eigenvalue weighted by atomic mass is 16.6. The zero-order valence-corrected chi connectivity index (χ0v) is 18.9. The molecule has 166 valence electrons. The van der Waals surface area contributed by atoms with Gasteiger partial charge in [-0.3, -0.25) is 9.78 Å². The third kappa shape index (κ3) is 6.29. The highest BCUT2D eigenvalue weighted by Gasteiger charge is 2.34. The fourth-order valence-corrected chi connectivity index (χ4v) is 4.02. The zero-order chi connectivity index (χ0) is 22.4. The van der Waals surface area contributed by atoms with Crippen LogP contribution in [0.5, 0.6) is 0 Å². The topological polar surface area (TPSA) is 71.5 Å². The maximum atomic E-state index is 13.7. The fraction of sp³-hybridized carbons (Fsp3) is 0.480. The summed E-state index contributed by atoms with van der Waals surface area (Å²) in [6.07, 6.45) is 6.31. The van der Waals surface area contributed by atoms with Gasteiger partial charge in [-0.25, -0.2) is 4.79 Å². The predicted molar refractivity (Wildman–Crippen MR) is 121 cm³/mol. The summed E-state index contributed by atoms with van der Waals surface area (Å²) in [5, 5.41) is 2.85. The molecule has 0 spiro atoms. The van der Waals surface area contributed by atoms with E-state index < -0.39 is 17.7 Å². The van der Waals surface area contributed by atoms with Crippen molar-refractivity contribution in [1.82, 2.24) is 15.2 Å². The molecule has 1 aromatic heterocycles. The smallest absolute Gasteiger partial charge is 0.408 e. The lowest BCUT2D eigenvalue weighted by atomic mass is 9.94. The first-order valence-electron chi connectivity index (χ1n) is 11.0. The van der Waals surface area contributed by atoms with E-state index in [1.54, 1.807) is 6.20 Å². The molecule has 0 bridgehead atoms. The molecule has 1 fully saturated rings. The van der Waals surface area contributed by atoms with Crippen LogP contribution in [0.2, 0.25) is 0 Å². The molecule has 6 heteroatoms. The van der Waals surface area contributed by atoms with Crippen LogP contribution in [0, 0.1) is 6.92 Å². The number of ether oxygens (including phenoxy) is 1. The van der Waals surface area contributed by atoms with E-state index in [1.165, 1.54) is 0 Å². The highest BCUT2D eigenvalue weighted by molar-refractivity contribution is 5.86. The van der Waals surface area contributed by atoms with Crippen molar-refractivity contribution >= 4 is 12.0 Å². The van der Waals surface area contributed by atoms with Crippen molar-refractivity contribution in [1.29, 1.82) is 0 Å². The molecule has 0 aliphatic carbocycles. The van der Waals surface area contributed by atoms with E-state index in [0.29, 0.717) is 13.0 Å². The Balaban J connectivity index is 1.86. The third-order valence-electron chi connectivity index (χ3n) is 5.53. The molecule has 1 N–H and O–H groups in total. The van der Waals surface area contributed by atoms with Crippen molar-refractivity contribution in [2.24, 2.45) is 0 Å². The Kier molecular flexibility index (Phi) is 7.31. The number of pyridine rings is 1. The van der Waals surface area contributed by atoms with Crippen LogP contribution in [0.15, 0.2) is 48.8 Å². The van der Waals surface area contributed by atoms with Gasteiger partial charge in [0.1, 0.15) is 11.6 Å². The summed E-state index contributed by atoms with van der Waals surface area (Å²) >= 11 is 0. The summed E-state index contributed by atoms with van der Waals surface area (Å²) < 4.78 is 5.45. The van der Waals surface area contributed by atoms with Gasteiger partial charge in [-0.05, 0) is 69.7 Å². The van der Waals surface area contributed by atoms with Gasteiger partial charge in [0.15, 0.2) is 0 Å². The second-order valence-corrected chi connectivity index (χ2v) is 9.16. The number of nitrogens with one attached hydrogen (secondary N) is 1. The Morgan fingerprint density at radius 2 is 1.97 bits per heavy atom. The molecule has 0 saturated carbocycles. The van der Waals surface area contributed by atoms with E-state index in [9.17, 15) is 9.59 Å². The predicted octanol–water partition coefficient (Wildman–Crippen LogP) is 4.58. The number of aryl methyl sites for hydroxylation is 1. The van der Waals surface area contributed by atoms with Crippen LogP contribution in [0.3, 0.4) is 0 Å². The van der Waals surface area contributed by atoms with E-state index in [2.05, 4.69) is 10.3 Å². The molecule has 2 atom stereocenters. The van der Waals surface area contributed by atoms with Crippen LogP contribution in [0.25, 0.3) is 0 Å². The molecular formula is C25H33N3O3. The molecule has 1 aliphatic heterocycles. The van der Waals surface area contributed by atoms with Crippen LogP contribution in [0.1, 0.15) is 62.8 Å². The molecule has 2 amide bonds. The number of piperidine rings is 1. The maximum absolute atomic E-state index is 13.7. The molecule has 1 saturated heterocycles. The number of hydrogen-bond donors (Lipinski definition) is 1. The van der Waals surface area contributed by atoms with Crippen molar-refractivity contribution in [3.8, 4) is 0 Å². The minimum atomic E-state index is -0.701. The number of likely N-dealkylation sites (tertiary alicyclic amines) is 1. The van der Waals surface area contributed by atoms with Crippen molar-refractivity contribution < 1.29 is 14.3 Å². The lowest BCUT2D eigenvalue weighted by Gasteiger charge is -2.38. The fourth-order valence-electron chi connectivity index (χ4n) is 4.02. The maximum Gasteiger partial charge on any atom is 0.408 e. The first kappa shape index (κ1) is 22.8. The quantitative estimate of drug-likeness (QED) is 0.764. The molecule has 2 heterocycles. The number of alkyl carbamates (subject to hydrolysis) is 1. The summed E-state index contributed by atoms with van der Waals surface area (Å²) in [6, 6.07) is 11.1. The summed E-state index contributed by atoms with van der Waals surface area (Å²) in [6.45, 7) is 8.12. The molecule has 1 aliphatic rings. The number of nitrogens with zero attached hydrogens (tertiary/aromatic N) is 2. The van der Waals surface area contributed by atoms with Crippen molar-refractivity contribution in [2.75, 3.05) is 6.54 Å². The number of amides is 2. The number of benzene rings is 1. The van der Waals surface area contributed by atoms with Crippen molar-refractivity contribution in [3.63, 3.8) is 0 Å². The van der Waals surface area contributed by atoms with Gasteiger partial charge in [0, 0.05) is 25.4 Å². The normalized spacial score (nSPS) is 17.7. The average molecular weight is 424 g/mol. The van der Waals surface area contributed by atoms with E-state index in [0.717, 1.165) is 36.0 Å². The van der Waals surface area contributed by atoms with Gasteiger partial charge in [-0.1, -0.05) is 30.3 Å². The van der Waals surface area contributed by atoms with E-state index in [-0.39, 0.29) is 11.9 Å². The van der Waals surface area contributed by atoms with Crippen molar-refractivity contribution in [3.05, 3.63) is 65.5 Å². The van der Waals surface area contributed by atoms with Gasteiger partial charge in [-0.15, -0.1) is 0 Å². The monoisotopic (exact) mass is 423 g/mol. The Hall–Kier alpha value is -2.89. The number of hydrogen-bond acceptors (Lipinski definition) is 4. The van der Waals surface area contributed by atoms with Gasteiger partial charge in [0.25, 0.3) is 0 Å². The Labute approximate surface area is 185 Å². The molecule has 31 heavy (non-hydrogen) atoms. The van der Waals surface area contributed by atoms with Crippen LogP contribution in [-0.4, -0.2) is 40.1 Å². The average Bonchev–Trinajstić information content (AvgIpc) is 2.73. The third-order valence-corrected chi connectivity index (χ3v) is 5.53. The van der Waals surface area contributed by atoms with Crippen LogP contribution < -0.4 is 5.32 Å². The van der Waals surface area contributed by atoms with Gasteiger partial charge in [0.2, 0.25) is 5.91 Å². The molecule has 1 aromatic carbocycles. The van der Waals surface area contributed by atoms with Crippen LogP contribution in [-0.2, 0) is 16.0 Å². The highest BCUT2D eigenvalue weighted by Crippen LogP contribution is 2.31. The number of rotatable bonds is 5. The zero-order valence-electron chi connectivity index (χ0n) is 18.9. The molecular weight excluding hydrogens is 390 g/mol. The number of carbonyl (C=O) groups excluding carboxylic acids is 2. The van der Waals surface area contributed by atoms with Gasteiger partial charge in [0.05, 0.1) is 6.04 Å².